The number of aliphatic hydroxyl groups excluding tert-OH is 11. The highest BCUT2D eigenvalue weighted by Crippen LogP contribution is 2.33. The van der Waals surface area contributed by atoms with Gasteiger partial charge in [-0.2, -0.15) is 0 Å². The Hall–Kier alpha value is -3.29. The van der Waals surface area contributed by atoms with Crippen LogP contribution in [-0.4, -0.2) is 193 Å². The molecule has 0 saturated carbocycles. The van der Waals surface area contributed by atoms with Gasteiger partial charge in [0.2, 0.25) is 5.91 Å². The summed E-state index contributed by atoms with van der Waals surface area (Å²) in [6.07, 6.45) is 32.3. The summed E-state index contributed by atoms with van der Waals surface area (Å²) in [5.41, 5.74) is 0. The van der Waals surface area contributed by atoms with E-state index in [1.165, 1.54) is 51.4 Å². The smallest absolute Gasteiger partial charge is 0.220 e. The van der Waals surface area contributed by atoms with Crippen LogP contribution in [0.5, 0.6) is 0 Å². The first kappa shape index (κ1) is 75.0. The third-order valence-corrected chi connectivity index (χ3v) is 15.1. The van der Waals surface area contributed by atoms with Crippen molar-refractivity contribution < 1.29 is 89.4 Å². The molecule has 19 nitrogen and oxygen atoms in total. The predicted octanol–water partition coefficient (Wildman–Crippen LogP) is 6.54. The standard InChI is InChI=1S/C65H109NO18/c1-3-5-7-9-11-13-15-17-19-21-23-24-25-27-29-31-33-35-37-39-41-43-53(71)66-48(49(70)42-40-38-36-34-32-30-28-26-22-20-18-16-14-12-10-8-6-4-2)47-79-63-59(77)56(74)61(51(45-68)81-63)84-65-60(78)57(75)62(52(46-69)82-65)83-64-58(76)55(73)54(72)50(44-67)80-64/h5,7,11,13,17,19,22-24,26-27,29,32,34,40,42,48-52,54-65,67-70,72-78H,3-4,6,8-10,12,14-16,18,20-21,25,28,30-31,33,35-39,41,43-47H2,1-2H3,(H,66,71)/b7-5-,13-11-,19-17-,24-23-,26-22+,29-27-,34-32+,42-40+. The van der Waals surface area contributed by atoms with Gasteiger partial charge in [-0.05, 0) is 89.9 Å². The molecule has 0 aromatic carbocycles. The van der Waals surface area contributed by atoms with Crippen molar-refractivity contribution in [2.45, 2.75) is 279 Å². The molecule has 0 aromatic heterocycles. The molecule has 0 bridgehead atoms. The second kappa shape index (κ2) is 46.8. The molecule has 3 aliphatic heterocycles. The number of nitrogens with one attached hydrogen (secondary N) is 1. The van der Waals surface area contributed by atoms with Gasteiger partial charge in [0.15, 0.2) is 18.9 Å². The summed E-state index contributed by atoms with van der Waals surface area (Å²) in [6, 6.07) is -1.01. The van der Waals surface area contributed by atoms with Crippen LogP contribution in [0.3, 0.4) is 0 Å². The largest absolute Gasteiger partial charge is 0.394 e. The van der Waals surface area contributed by atoms with Crippen LogP contribution in [-0.2, 0) is 33.2 Å². The van der Waals surface area contributed by atoms with Crippen LogP contribution in [0.15, 0.2) is 97.2 Å². The second-order valence-corrected chi connectivity index (χ2v) is 22.1. The molecule has 482 valence electrons. The van der Waals surface area contributed by atoms with Gasteiger partial charge in [-0.25, -0.2) is 0 Å². The topological polar surface area (TPSA) is 307 Å². The zero-order chi connectivity index (χ0) is 61.2. The average molecular weight is 1190 g/mol. The molecule has 0 aliphatic carbocycles. The highest BCUT2D eigenvalue weighted by atomic mass is 16.8. The molecule has 1 amide bonds. The van der Waals surface area contributed by atoms with E-state index in [1.807, 2.05) is 6.08 Å². The number of carbonyl (C=O) groups is 1. The number of allylic oxidation sites excluding steroid dienone is 15. The minimum atomic E-state index is -1.99. The fourth-order valence-corrected chi connectivity index (χ4v) is 9.95. The van der Waals surface area contributed by atoms with Crippen LogP contribution in [0.1, 0.15) is 174 Å². The van der Waals surface area contributed by atoms with E-state index in [4.69, 9.17) is 28.4 Å². The minimum Gasteiger partial charge on any atom is -0.394 e. The van der Waals surface area contributed by atoms with E-state index in [9.17, 15) is 61.0 Å². The van der Waals surface area contributed by atoms with Crippen LogP contribution in [0.25, 0.3) is 0 Å². The van der Waals surface area contributed by atoms with Crippen molar-refractivity contribution >= 4 is 5.91 Å². The fraction of sp³-hybridized carbons (Fsp3) is 0.738. The van der Waals surface area contributed by atoms with E-state index in [2.05, 4.69) is 104 Å². The predicted molar refractivity (Wildman–Crippen MR) is 323 cm³/mol. The average Bonchev–Trinajstić information content (AvgIpc) is 2.76. The molecule has 17 unspecified atom stereocenters. The van der Waals surface area contributed by atoms with Gasteiger partial charge in [-0.15, -0.1) is 0 Å². The number of hydrogen-bond acceptors (Lipinski definition) is 18. The number of rotatable bonds is 45. The molecule has 0 radical (unpaired) electrons. The molecular formula is C65H109NO18. The monoisotopic (exact) mass is 1190 g/mol. The van der Waals surface area contributed by atoms with Gasteiger partial charge < -0.3 is 89.9 Å². The number of unbranched alkanes of at least 4 members (excludes halogenated alkanes) is 15. The number of amides is 1. The lowest BCUT2D eigenvalue weighted by Gasteiger charge is -2.48. The maximum atomic E-state index is 13.3. The normalized spacial score (nSPS) is 29.8. The third kappa shape index (κ3) is 29.6. The molecule has 3 rings (SSSR count). The number of aliphatic hydroxyl groups is 11. The summed E-state index contributed by atoms with van der Waals surface area (Å²) < 4.78 is 34.2. The van der Waals surface area contributed by atoms with Crippen LogP contribution in [0.2, 0.25) is 0 Å². The van der Waals surface area contributed by atoms with E-state index < -0.39 is 124 Å². The van der Waals surface area contributed by atoms with Crippen LogP contribution < -0.4 is 5.32 Å². The molecule has 3 aliphatic rings. The summed E-state index contributed by atoms with van der Waals surface area (Å²) in [7, 11) is 0. The third-order valence-electron chi connectivity index (χ3n) is 15.1. The quantitative estimate of drug-likeness (QED) is 0.0228. The second-order valence-electron chi connectivity index (χ2n) is 22.1. The Morgan fingerprint density at radius 2 is 0.833 bits per heavy atom. The van der Waals surface area contributed by atoms with Crippen LogP contribution in [0, 0.1) is 0 Å². The Bertz CT molecular complexity index is 1910. The molecule has 84 heavy (non-hydrogen) atoms. The minimum absolute atomic E-state index is 0.204. The Labute approximate surface area is 501 Å². The molecular weight excluding hydrogens is 1080 g/mol. The lowest BCUT2D eigenvalue weighted by molar-refractivity contribution is -0.379. The van der Waals surface area contributed by atoms with Crippen LogP contribution in [0.4, 0.5) is 0 Å². The molecule has 19 heteroatoms. The first-order valence-electron chi connectivity index (χ1n) is 31.5. The van der Waals surface area contributed by atoms with E-state index >= 15 is 0 Å². The van der Waals surface area contributed by atoms with Crippen molar-refractivity contribution in [3.8, 4) is 0 Å². The molecule has 3 saturated heterocycles. The Balaban J connectivity index is 1.51. The zero-order valence-electron chi connectivity index (χ0n) is 50.3. The van der Waals surface area contributed by atoms with Crippen molar-refractivity contribution in [1.82, 2.24) is 5.32 Å². The van der Waals surface area contributed by atoms with E-state index in [-0.39, 0.29) is 18.9 Å². The number of hydrogen-bond donors (Lipinski definition) is 12. The van der Waals surface area contributed by atoms with Gasteiger partial charge in [-0.1, -0.05) is 175 Å². The summed E-state index contributed by atoms with van der Waals surface area (Å²) in [5.74, 6) is -0.313. The Morgan fingerprint density at radius 3 is 1.33 bits per heavy atom. The maximum Gasteiger partial charge on any atom is 0.220 e. The first-order chi connectivity index (χ1) is 40.8. The lowest BCUT2D eigenvalue weighted by atomic mass is 9.96. The Kier molecular flexibility index (Phi) is 41.8. The molecule has 17 atom stereocenters. The van der Waals surface area contributed by atoms with Gasteiger partial charge in [0, 0.05) is 6.42 Å². The molecule has 0 spiro atoms. The summed E-state index contributed by atoms with van der Waals surface area (Å²) in [6.45, 7) is 1.54. The molecule has 3 heterocycles. The highest BCUT2D eigenvalue weighted by molar-refractivity contribution is 5.76. The van der Waals surface area contributed by atoms with Crippen molar-refractivity contribution in [1.29, 1.82) is 0 Å². The number of carbonyl (C=O) groups excluding carboxylic acids is 1. The number of ether oxygens (including phenoxy) is 6. The fourth-order valence-electron chi connectivity index (χ4n) is 9.95. The van der Waals surface area contributed by atoms with Crippen molar-refractivity contribution in [2.75, 3.05) is 26.4 Å². The van der Waals surface area contributed by atoms with Crippen molar-refractivity contribution in [3.05, 3.63) is 97.2 Å². The zero-order valence-corrected chi connectivity index (χ0v) is 50.3. The first-order valence-corrected chi connectivity index (χ1v) is 31.5. The van der Waals surface area contributed by atoms with Gasteiger partial charge in [0.25, 0.3) is 0 Å². The molecule has 12 N–H and O–H groups in total. The Morgan fingerprint density at radius 1 is 0.440 bits per heavy atom. The van der Waals surface area contributed by atoms with Crippen molar-refractivity contribution in [2.24, 2.45) is 0 Å². The van der Waals surface area contributed by atoms with E-state index in [0.717, 1.165) is 89.9 Å². The van der Waals surface area contributed by atoms with Gasteiger partial charge in [-0.3, -0.25) is 4.79 Å². The summed E-state index contributed by atoms with van der Waals surface area (Å²) in [5, 5.41) is 120. The molecule has 0 aromatic rings. The SMILES string of the molecule is CC/C=C\C/C=C\C/C=C\C/C=C\C/C=C\CCCCCCCC(=O)NC(COC1OC(CO)C(OC2OC(CO)C(OC3OC(CO)C(O)C(O)C3O)C(O)C2O)C(O)C1O)C(O)/C=C/CC/C=C/CC/C=C/CCCCCCCCCC. The summed E-state index contributed by atoms with van der Waals surface area (Å²) in [4.78, 5) is 13.3. The van der Waals surface area contributed by atoms with Crippen molar-refractivity contribution in [3.63, 3.8) is 0 Å². The van der Waals surface area contributed by atoms with E-state index in [1.54, 1.807) is 6.08 Å². The summed E-state index contributed by atoms with van der Waals surface area (Å²) >= 11 is 0. The lowest BCUT2D eigenvalue weighted by Crippen LogP contribution is -2.66. The maximum absolute atomic E-state index is 13.3. The van der Waals surface area contributed by atoms with E-state index in [0.29, 0.717) is 12.8 Å². The van der Waals surface area contributed by atoms with Gasteiger partial charge >= 0.3 is 0 Å². The van der Waals surface area contributed by atoms with Crippen LogP contribution >= 0.6 is 0 Å². The highest BCUT2D eigenvalue weighted by Gasteiger charge is 2.53. The van der Waals surface area contributed by atoms with Gasteiger partial charge in [0.05, 0.1) is 38.6 Å². The molecule has 3 fully saturated rings. The van der Waals surface area contributed by atoms with Gasteiger partial charge in [0.1, 0.15) is 73.2 Å².